The Hall–Kier alpha value is -1.48. The summed E-state index contributed by atoms with van der Waals surface area (Å²) in [7, 11) is -4.36. The number of hydrazone groups is 1. The van der Waals surface area contributed by atoms with Crippen molar-refractivity contribution in [3.05, 3.63) is 35.5 Å². The molecule has 0 saturated carbocycles. The van der Waals surface area contributed by atoms with E-state index in [1.165, 1.54) is 24.3 Å². The smallest absolute Gasteiger partial charge is 0.282 e. The van der Waals surface area contributed by atoms with Gasteiger partial charge in [0.25, 0.3) is 10.1 Å². The number of benzene rings is 1. The quantitative estimate of drug-likeness (QED) is 0.579. The van der Waals surface area contributed by atoms with Crippen LogP contribution in [0.4, 0.5) is 5.69 Å². The van der Waals surface area contributed by atoms with Crippen molar-refractivity contribution in [2.24, 2.45) is 5.10 Å². The molecule has 0 amide bonds. The molecule has 102 valence electrons. The fourth-order valence-electron chi connectivity index (χ4n) is 1.34. The predicted octanol–water partition coefficient (Wildman–Crippen LogP) is 1.71. The van der Waals surface area contributed by atoms with E-state index in [0.717, 1.165) is 5.23 Å². The number of rotatable bonds is 3. The Labute approximate surface area is 119 Å². The van der Waals surface area contributed by atoms with E-state index in [-0.39, 0.29) is 20.9 Å². The second kappa shape index (κ2) is 5.25. The number of hydrogen-bond donors (Lipinski definition) is 3. The van der Waals surface area contributed by atoms with Gasteiger partial charge in [-0.15, -0.1) is 10.3 Å². The summed E-state index contributed by atoms with van der Waals surface area (Å²) >= 11 is 11.4. The van der Waals surface area contributed by atoms with E-state index in [1.807, 2.05) is 0 Å². The normalized spacial score (nSPS) is 15.4. The molecule has 0 spiro atoms. The number of para-hydroxylation sites is 1. The lowest BCUT2D eigenvalue weighted by molar-refractivity contribution is 0.279. The number of hydrazine groups is 2. The first kappa shape index (κ1) is 13.9. The van der Waals surface area contributed by atoms with Crippen molar-refractivity contribution in [3.63, 3.8) is 0 Å². The Bertz CT molecular complexity index is 659. The van der Waals surface area contributed by atoms with Gasteiger partial charge in [0, 0.05) is 6.08 Å². The summed E-state index contributed by atoms with van der Waals surface area (Å²) in [5.41, 5.74) is 5.29. The lowest BCUT2D eigenvalue weighted by Gasteiger charge is -2.24. The van der Waals surface area contributed by atoms with Crippen LogP contribution >= 0.6 is 23.2 Å². The summed E-state index contributed by atoms with van der Waals surface area (Å²) in [5, 5.41) is 5.12. The Kier molecular flexibility index (Phi) is 3.85. The lowest BCUT2D eigenvalue weighted by Crippen LogP contribution is -2.39. The molecule has 0 aliphatic carbocycles. The molecule has 0 atom stereocenters. The molecule has 1 aliphatic rings. The minimum atomic E-state index is -4.36. The van der Waals surface area contributed by atoms with Gasteiger partial charge in [0.1, 0.15) is 10.1 Å². The van der Waals surface area contributed by atoms with Crippen LogP contribution in [0.25, 0.3) is 0 Å². The number of nitrogens with zero attached hydrogens (tertiary/aromatic N) is 2. The molecule has 2 rings (SSSR count). The zero-order valence-electron chi connectivity index (χ0n) is 9.21. The van der Waals surface area contributed by atoms with Gasteiger partial charge in [-0.25, -0.2) is 0 Å². The van der Waals surface area contributed by atoms with Gasteiger partial charge >= 0.3 is 0 Å². The summed E-state index contributed by atoms with van der Waals surface area (Å²) in [4.78, 5) is -0.297. The molecule has 0 saturated heterocycles. The van der Waals surface area contributed by atoms with Crippen LogP contribution in [0.3, 0.4) is 0 Å². The van der Waals surface area contributed by atoms with Crippen LogP contribution in [0.15, 0.2) is 45.5 Å². The molecule has 1 aromatic carbocycles. The van der Waals surface area contributed by atoms with Crippen LogP contribution in [0, 0.1) is 0 Å². The largest absolute Gasteiger partial charge is 0.296 e. The monoisotopic (exact) mass is 322 g/mol. The van der Waals surface area contributed by atoms with Crippen molar-refractivity contribution >= 4 is 44.2 Å². The molecule has 1 aromatic rings. The minimum absolute atomic E-state index is 0.0978. The van der Waals surface area contributed by atoms with Gasteiger partial charge in [-0.05, 0) is 12.1 Å². The van der Waals surface area contributed by atoms with Crippen molar-refractivity contribution in [2.75, 3.05) is 5.43 Å². The Morgan fingerprint density at radius 1 is 1.32 bits per heavy atom. The first-order valence-electron chi connectivity index (χ1n) is 4.87. The first-order valence-corrected chi connectivity index (χ1v) is 7.07. The maximum atomic E-state index is 11.2. The highest BCUT2D eigenvalue weighted by molar-refractivity contribution is 7.86. The zero-order valence-corrected chi connectivity index (χ0v) is 11.5. The van der Waals surface area contributed by atoms with E-state index >= 15 is 0 Å². The Balaban J connectivity index is 2.29. The van der Waals surface area contributed by atoms with Crippen molar-refractivity contribution in [1.29, 1.82) is 0 Å². The highest BCUT2D eigenvalue weighted by Crippen LogP contribution is 2.21. The SMILES string of the molecule is O=S(=O)(O)c1ccccc1NN1N=C(Cl)C=C(Cl)N1. The summed E-state index contributed by atoms with van der Waals surface area (Å²) in [5.74, 6) is 0. The number of anilines is 1. The second-order valence-electron chi connectivity index (χ2n) is 3.42. The number of halogens is 2. The maximum Gasteiger partial charge on any atom is 0.296 e. The van der Waals surface area contributed by atoms with Gasteiger partial charge in [-0.3, -0.25) is 15.4 Å². The van der Waals surface area contributed by atoms with Gasteiger partial charge in [0.05, 0.1) is 5.69 Å². The standard InChI is InChI=1S/C9H8Cl2N4O3S/c10-8-5-9(11)14-15(13-8)12-6-3-1-2-4-7(6)19(16,17)18/h1-5,12-13H,(H,16,17,18). The first-order chi connectivity index (χ1) is 8.86. The maximum absolute atomic E-state index is 11.2. The molecular weight excluding hydrogens is 315 g/mol. The Morgan fingerprint density at radius 2 is 2.00 bits per heavy atom. The Morgan fingerprint density at radius 3 is 2.63 bits per heavy atom. The average molecular weight is 323 g/mol. The summed E-state index contributed by atoms with van der Waals surface area (Å²) < 4.78 is 31.5. The minimum Gasteiger partial charge on any atom is -0.282 e. The van der Waals surface area contributed by atoms with E-state index in [9.17, 15) is 8.42 Å². The van der Waals surface area contributed by atoms with Gasteiger partial charge < -0.3 is 0 Å². The van der Waals surface area contributed by atoms with Crippen LogP contribution in [0.2, 0.25) is 0 Å². The molecule has 7 nitrogen and oxygen atoms in total. The van der Waals surface area contributed by atoms with Crippen molar-refractivity contribution < 1.29 is 13.0 Å². The molecule has 0 unspecified atom stereocenters. The van der Waals surface area contributed by atoms with E-state index in [4.69, 9.17) is 27.8 Å². The van der Waals surface area contributed by atoms with Gasteiger partial charge in [-0.1, -0.05) is 35.3 Å². The average Bonchev–Trinajstić information content (AvgIpc) is 2.26. The third kappa shape index (κ3) is 3.51. The van der Waals surface area contributed by atoms with Crippen molar-refractivity contribution in [2.45, 2.75) is 4.90 Å². The number of nitrogens with one attached hydrogen (secondary N) is 2. The fraction of sp³-hybridized carbons (Fsp3) is 0. The highest BCUT2D eigenvalue weighted by Gasteiger charge is 2.17. The van der Waals surface area contributed by atoms with Crippen molar-refractivity contribution in [1.82, 2.24) is 10.7 Å². The van der Waals surface area contributed by atoms with Crippen molar-refractivity contribution in [3.8, 4) is 0 Å². The van der Waals surface area contributed by atoms with Crippen LogP contribution in [0.1, 0.15) is 0 Å². The topological polar surface area (TPSA) is 94.0 Å². The summed E-state index contributed by atoms with van der Waals surface area (Å²) in [6, 6.07) is 5.75. The third-order valence-corrected chi connectivity index (χ3v) is 3.34. The van der Waals surface area contributed by atoms with E-state index in [2.05, 4.69) is 16.0 Å². The van der Waals surface area contributed by atoms with E-state index < -0.39 is 10.1 Å². The summed E-state index contributed by atoms with van der Waals surface area (Å²) in [6.45, 7) is 0. The number of hydrogen-bond acceptors (Lipinski definition) is 6. The fourth-order valence-corrected chi connectivity index (χ4v) is 2.40. The molecular formula is C9H8Cl2N4O3S. The zero-order chi connectivity index (χ0) is 14.0. The molecule has 0 bridgehead atoms. The summed E-state index contributed by atoms with van der Waals surface area (Å²) in [6.07, 6.45) is 1.37. The van der Waals surface area contributed by atoms with Crippen LogP contribution in [-0.2, 0) is 10.1 Å². The molecule has 1 aliphatic heterocycles. The second-order valence-corrected chi connectivity index (χ2v) is 5.61. The van der Waals surface area contributed by atoms with E-state index in [1.54, 1.807) is 6.07 Å². The lowest BCUT2D eigenvalue weighted by atomic mass is 10.3. The number of allylic oxidation sites excluding steroid dienone is 1. The van der Waals surface area contributed by atoms with Crippen LogP contribution in [0.5, 0.6) is 0 Å². The molecule has 0 radical (unpaired) electrons. The van der Waals surface area contributed by atoms with Gasteiger partial charge in [0.15, 0.2) is 5.17 Å². The van der Waals surface area contributed by atoms with Crippen LogP contribution in [-0.4, -0.2) is 23.4 Å². The molecule has 19 heavy (non-hydrogen) atoms. The molecule has 0 aromatic heterocycles. The van der Waals surface area contributed by atoms with E-state index in [0.29, 0.717) is 0 Å². The van der Waals surface area contributed by atoms with Gasteiger partial charge in [-0.2, -0.15) is 8.42 Å². The van der Waals surface area contributed by atoms with Gasteiger partial charge in [0.2, 0.25) is 0 Å². The predicted molar refractivity (Wildman–Crippen MR) is 72.1 cm³/mol. The van der Waals surface area contributed by atoms with Crippen LogP contribution < -0.4 is 10.9 Å². The molecule has 3 N–H and O–H groups in total. The highest BCUT2D eigenvalue weighted by atomic mass is 35.5. The molecule has 1 heterocycles. The third-order valence-electron chi connectivity index (χ3n) is 2.05. The molecule has 10 heteroatoms. The molecule has 0 fully saturated rings.